The molecule has 3 aromatic rings. The first kappa shape index (κ1) is 12.8. The van der Waals surface area contributed by atoms with Crippen molar-refractivity contribution < 1.29 is 4.39 Å². The zero-order valence-corrected chi connectivity index (χ0v) is 11.3. The zero-order valence-electron chi connectivity index (χ0n) is 11.3. The predicted molar refractivity (Wildman–Crippen MR) is 77.7 cm³/mol. The molecule has 0 saturated carbocycles. The number of benzene rings is 2. The van der Waals surface area contributed by atoms with Crippen LogP contribution in [0.4, 0.5) is 4.39 Å². The molecule has 0 fully saturated rings. The average Bonchev–Trinajstić information content (AvgIpc) is 2.78. The van der Waals surface area contributed by atoms with Crippen molar-refractivity contribution in [3.8, 4) is 0 Å². The van der Waals surface area contributed by atoms with E-state index in [1.54, 1.807) is 12.1 Å². The third kappa shape index (κ3) is 2.42. The smallest absolute Gasteiger partial charge is 0.127 e. The second-order valence-corrected chi connectivity index (χ2v) is 4.77. The molecule has 2 aromatic carbocycles. The van der Waals surface area contributed by atoms with Crippen LogP contribution >= 0.6 is 0 Å². The Morgan fingerprint density at radius 1 is 1.05 bits per heavy atom. The SMILES string of the molecule is Cn1c(CNCc2ccccc2F)nc2ccccc21. The van der Waals surface area contributed by atoms with Gasteiger partial charge in [0.1, 0.15) is 11.6 Å². The van der Waals surface area contributed by atoms with E-state index < -0.39 is 0 Å². The van der Waals surface area contributed by atoms with Crippen LogP contribution in [0.2, 0.25) is 0 Å². The summed E-state index contributed by atoms with van der Waals surface area (Å²) in [6.45, 7) is 1.11. The minimum absolute atomic E-state index is 0.176. The molecule has 3 nitrogen and oxygen atoms in total. The highest BCUT2D eigenvalue weighted by atomic mass is 19.1. The lowest BCUT2D eigenvalue weighted by Gasteiger charge is -2.06. The zero-order chi connectivity index (χ0) is 13.9. The molecule has 0 aliphatic carbocycles. The number of hydrogen-bond acceptors (Lipinski definition) is 2. The van der Waals surface area contributed by atoms with E-state index in [9.17, 15) is 4.39 Å². The molecule has 102 valence electrons. The second-order valence-electron chi connectivity index (χ2n) is 4.77. The molecule has 1 heterocycles. The molecular weight excluding hydrogens is 253 g/mol. The van der Waals surface area contributed by atoms with E-state index in [0.29, 0.717) is 18.7 Å². The van der Waals surface area contributed by atoms with Gasteiger partial charge in [-0.05, 0) is 18.2 Å². The van der Waals surface area contributed by atoms with E-state index in [1.807, 2.05) is 37.4 Å². The Balaban J connectivity index is 1.71. The van der Waals surface area contributed by atoms with Crippen molar-refractivity contribution in [3.63, 3.8) is 0 Å². The van der Waals surface area contributed by atoms with E-state index in [2.05, 4.69) is 14.9 Å². The molecule has 0 radical (unpaired) electrons. The lowest BCUT2D eigenvalue weighted by molar-refractivity contribution is 0.579. The molecule has 0 atom stereocenters. The molecule has 3 rings (SSSR count). The molecule has 0 saturated heterocycles. The van der Waals surface area contributed by atoms with Crippen molar-refractivity contribution in [2.24, 2.45) is 7.05 Å². The van der Waals surface area contributed by atoms with Crippen LogP contribution in [-0.2, 0) is 20.1 Å². The van der Waals surface area contributed by atoms with Crippen molar-refractivity contribution in [1.82, 2.24) is 14.9 Å². The molecule has 0 aliphatic rings. The Morgan fingerprint density at radius 2 is 1.80 bits per heavy atom. The maximum Gasteiger partial charge on any atom is 0.127 e. The van der Waals surface area contributed by atoms with Crippen molar-refractivity contribution in [2.75, 3.05) is 0 Å². The highest BCUT2D eigenvalue weighted by Crippen LogP contribution is 2.14. The molecule has 1 N–H and O–H groups in total. The predicted octanol–water partition coefficient (Wildman–Crippen LogP) is 3.00. The van der Waals surface area contributed by atoms with E-state index in [1.165, 1.54) is 6.07 Å². The second kappa shape index (κ2) is 5.43. The topological polar surface area (TPSA) is 29.9 Å². The summed E-state index contributed by atoms with van der Waals surface area (Å²) in [5.74, 6) is 0.771. The number of para-hydroxylation sites is 2. The number of nitrogens with zero attached hydrogens (tertiary/aromatic N) is 2. The maximum atomic E-state index is 13.5. The summed E-state index contributed by atoms with van der Waals surface area (Å²) in [6.07, 6.45) is 0. The van der Waals surface area contributed by atoms with Crippen LogP contribution in [0.1, 0.15) is 11.4 Å². The van der Waals surface area contributed by atoms with Gasteiger partial charge < -0.3 is 9.88 Å². The first-order valence-electron chi connectivity index (χ1n) is 6.60. The highest BCUT2D eigenvalue weighted by molar-refractivity contribution is 5.75. The molecule has 0 bridgehead atoms. The summed E-state index contributed by atoms with van der Waals surface area (Å²) >= 11 is 0. The molecule has 0 unspecified atom stereocenters. The van der Waals surface area contributed by atoms with Crippen molar-refractivity contribution >= 4 is 11.0 Å². The Morgan fingerprint density at radius 3 is 2.60 bits per heavy atom. The van der Waals surface area contributed by atoms with E-state index in [-0.39, 0.29) is 5.82 Å². The summed E-state index contributed by atoms with van der Waals surface area (Å²) in [5, 5.41) is 3.24. The van der Waals surface area contributed by atoms with Crippen molar-refractivity contribution in [1.29, 1.82) is 0 Å². The largest absolute Gasteiger partial charge is 0.330 e. The van der Waals surface area contributed by atoms with Crippen LogP contribution in [0.25, 0.3) is 11.0 Å². The summed E-state index contributed by atoms with van der Waals surface area (Å²) in [6, 6.07) is 14.8. The lowest BCUT2D eigenvalue weighted by Crippen LogP contribution is -2.16. The fourth-order valence-corrected chi connectivity index (χ4v) is 2.30. The molecule has 4 heteroatoms. The molecular formula is C16H16FN3. The quantitative estimate of drug-likeness (QED) is 0.789. The average molecular weight is 269 g/mol. The third-order valence-electron chi connectivity index (χ3n) is 3.44. The molecule has 0 aliphatic heterocycles. The minimum atomic E-state index is -0.176. The Labute approximate surface area is 117 Å². The lowest BCUT2D eigenvalue weighted by atomic mass is 10.2. The maximum absolute atomic E-state index is 13.5. The van der Waals surface area contributed by atoms with Gasteiger partial charge in [0.05, 0.1) is 17.6 Å². The number of hydrogen-bond donors (Lipinski definition) is 1. The minimum Gasteiger partial charge on any atom is -0.330 e. The first-order chi connectivity index (χ1) is 9.75. The molecule has 0 amide bonds. The number of rotatable bonds is 4. The van der Waals surface area contributed by atoms with E-state index in [4.69, 9.17) is 0 Å². The number of fused-ring (bicyclic) bond motifs is 1. The summed E-state index contributed by atoms with van der Waals surface area (Å²) in [7, 11) is 2.00. The van der Waals surface area contributed by atoms with Crippen LogP contribution in [0.3, 0.4) is 0 Å². The van der Waals surface area contributed by atoms with Gasteiger partial charge in [-0.15, -0.1) is 0 Å². The fourth-order valence-electron chi connectivity index (χ4n) is 2.30. The number of imidazole rings is 1. The molecule has 1 aromatic heterocycles. The van der Waals surface area contributed by atoms with Gasteiger partial charge in [0.25, 0.3) is 0 Å². The summed E-state index contributed by atoms with van der Waals surface area (Å²) in [4.78, 5) is 4.57. The third-order valence-corrected chi connectivity index (χ3v) is 3.44. The van der Waals surface area contributed by atoms with E-state index >= 15 is 0 Å². The fraction of sp³-hybridized carbons (Fsp3) is 0.188. The van der Waals surface area contributed by atoms with Gasteiger partial charge in [-0.1, -0.05) is 30.3 Å². The van der Waals surface area contributed by atoms with Crippen LogP contribution in [0.5, 0.6) is 0 Å². The van der Waals surface area contributed by atoms with Crippen LogP contribution in [0, 0.1) is 5.82 Å². The van der Waals surface area contributed by atoms with Gasteiger partial charge >= 0.3 is 0 Å². The summed E-state index contributed by atoms with van der Waals surface area (Å²) in [5.41, 5.74) is 2.76. The Hall–Kier alpha value is -2.20. The molecule has 20 heavy (non-hydrogen) atoms. The van der Waals surface area contributed by atoms with Gasteiger partial charge in [0.2, 0.25) is 0 Å². The highest BCUT2D eigenvalue weighted by Gasteiger charge is 2.07. The van der Waals surface area contributed by atoms with Crippen LogP contribution < -0.4 is 5.32 Å². The van der Waals surface area contributed by atoms with Gasteiger partial charge in [0.15, 0.2) is 0 Å². The Kier molecular flexibility index (Phi) is 3.48. The normalized spacial score (nSPS) is 11.1. The first-order valence-corrected chi connectivity index (χ1v) is 6.60. The van der Waals surface area contributed by atoms with Gasteiger partial charge in [0, 0.05) is 19.2 Å². The Bertz CT molecular complexity index is 733. The number of halogens is 1. The van der Waals surface area contributed by atoms with Gasteiger partial charge in [-0.2, -0.15) is 0 Å². The van der Waals surface area contributed by atoms with Gasteiger partial charge in [-0.3, -0.25) is 0 Å². The number of aromatic nitrogens is 2. The van der Waals surface area contributed by atoms with E-state index in [0.717, 1.165) is 16.9 Å². The standard InChI is InChI=1S/C16H16FN3/c1-20-15-9-5-4-8-14(15)19-16(20)11-18-10-12-6-2-3-7-13(12)17/h2-9,18H,10-11H2,1H3. The monoisotopic (exact) mass is 269 g/mol. The van der Waals surface area contributed by atoms with Crippen LogP contribution in [-0.4, -0.2) is 9.55 Å². The summed E-state index contributed by atoms with van der Waals surface area (Å²) < 4.78 is 15.6. The number of nitrogens with one attached hydrogen (secondary N) is 1. The van der Waals surface area contributed by atoms with Gasteiger partial charge in [-0.25, -0.2) is 9.37 Å². The molecule has 0 spiro atoms. The van der Waals surface area contributed by atoms with Crippen molar-refractivity contribution in [3.05, 3.63) is 65.7 Å². The van der Waals surface area contributed by atoms with Crippen LogP contribution in [0.15, 0.2) is 48.5 Å². The van der Waals surface area contributed by atoms with Crippen molar-refractivity contribution in [2.45, 2.75) is 13.1 Å². The number of aryl methyl sites for hydroxylation is 1.